The van der Waals surface area contributed by atoms with Gasteiger partial charge in [0.1, 0.15) is 5.58 Å². The second-order valence-corrected chi connectivity index (χ2v) is 5.90. The summed E-state index contributed by atoms with van der Waals surface area (Å²) in [6.07, 6.45) is 1.95. The third-order valence-corrected chi connectivity index (χ3v) is 4.21. The molecule has 1 saturated carbocycles. The highest BCUT2D eigenvalue weighted by molar-refractivity contribution is 5.99. The number of aliphatic hydroxyl groups excluding tert-OH is 1. The number of carbonyl (C=O) groups is 1. The Labute approximate surface area is 117 Å². The van der Waals surface area contributed by atoms with Crippen LogP contribution in [0.2, 0.25) is 0 Å². The van der Waals surface area contributed by atoms with Crippen LogP contribution in [0.25, 0.3) is 11.0 Å². The van der Waals surface area contributed by atoms with Crippen LogP contribution in [0, 0.1) is 19.3 Å². The van der Waals surface area contributed by atoms with Crippen molar-refractivity contribution >= 4 is 16.9 Å². The maximum atomic E-state index is 12.2. The van der Waals surface area contributed by atoms with E-state index in [1.165, 1.54) is 0 Å². The molecule has 2 N–H and O–H groups in total. The molecule has 1 aromatic carbocycles. The Hall–Kier alpha value is -1.81. The number of amides is 1. The van der Waals surface area contributed by atoms with Crippen LogP contribution in [-0.4, -0.2) is 24.2 Å². The highest BCUT2D eigenvalue weighted by Gasteiger charge is 2.42. The summed E-state index contributed by atoms with van der Waals surface area (Å²) in [4.78, 5) is 12.2. The quantitative estimate of drug-likeness (QED) is 0.900. The molecule has 0 radical (unpaired) electrons. The minimum absolute atomic E-state index is 0.0911. The summed E-state index contributed by atoms with van der Waals surface area (Å²) in [6.45, 7) is 4.56. The fourth-order valence-corrected chi connectivity index (χ4v) is 2.47. The van der Waals surface area contributed by atoms with Crippen molar-refractivity contribution < 1.29 is 14.3 Å². The van der Waals surface area contributed by atoms with Gasteiger partial charge in [0.15, 0.2) is 5.76 Å². The van der Waals surface area contributed by atoms with Crippen LogP contribution in [-0.2, 0) is 0 Å². The molecule has 0 saturated heterocycles. The van der Waals surface area contributed by atoms with Crippen molar-refractivity contribution in [3.8, 4) is 0 Å². The molecule has 4 nitrogen and oxygen atoms in total. The van der Waals surface area contributed by atoms with Crippen LogP contribution in [0.5, 0.6) is 0 Å². The lowest BCUT2D eigenvalue weighted by atomic mass is 10.1. The molecule has 20 heavy (non-hydrogen) atoms. The number of furan rings is 1. The first-order valence-corrected chi connectivity index (χ1v) is 6.93. The lowest BCUT2D eigenvalue weighted by molar-refractivity contribution is 0.0909. The molecule has 106 valence electrons. The van der Waals surface area contributed by atoms with E-state index < -0.39 is 0 Å². The Morgan fingerprint density at radius 2 is 2.15 bits per heavy atom. The van der Waals surface area contributed by atoms with Crippen molar-refractivity contribution in [2.45, 2.75) is 26.7 Å². The number of carbonyl (C=O) groups excluding carboxylic acids is 1. The van der Waals surface area contributed by atoms with Crippen molar-refractivity contribution in [3.63, 3.8) is 0 Å². The third-order valence-electron chi connectivity index (χ3n) is 4.21. The molecule has 0 bridgehead atoms. The van der Waals surface area contributed by atoms with E-state index in [-0.39, 0.29) is 17.9 Å². The molecular weight excluding hydrogens is 254 g/mol. The molecule has 1 fully saturated rings. The van der Waals surface area contributed by atoms with Crippen LogP contribution < -0.4 is 5.32 Å². The minimum atomic E-state index is -0.198. The van der Waals surface area contributed by atoms with Crippen LogP contribution in [0.3, 0.4) is 0 Å². The smallest absolute Gasteiger partial charge is 0.287 e. The number of fused-ring (bicyclic) bond motifs is 1. The SMILES string of the molecule is Cc1ccc2oc(C(=O)NCC3(CO)CC3)c(C)c2c1. The average molecular weight is 273 g/mol. The predicted molar refractivity (Wildman–Crippen MR) is 76.8 cm³/mol. The number of nitrogens with one attached hydrogen (secondary N) is 1. The molecule has 1 aliphatic rings. The van der Waals surface area contributed by atoms with E-state index in [2.05, 4.69) is 5.32 Å². The van der Waals surface area contributed by atoms with Crippen LogP contribution in [0.4, 0.5) is 0 Å². The number of hydrogen-bond acceptors (Lipinski definition) is 3. The molecule has 1 amide bonds. The monoisotopic (exact) mass is 273 g/mol. The molecule has 4 heteroatoms. The topological polar surface area (TPSA) is 62.5 Å². The summed E-state index contributed by atoms with van der Waals surface area (Å²) >= 11 is 0. The van der Waals surface area contributed by atoms with E-state index in [0.29, 0.717) is 12.3 Å². The summed E-state index contributed by atoms with van der Waals surface area (Å²) in [5.41, 5.74) is 2.66. The van der Waals surface area contributed by atoms with Crippen molar-refractivity contribution in [1.82, 2.24) is 5.32 Å². The predicted octanol–water partition coefficient (Wildman–Crippen LogP) is 2.55. The lowest BCUT2D eigenvalue weighted by Crippen LogP contribution is -2.31. The van der Waals surface area contributed by atoms with Gasteiger partial charge < -0.3 is 14.8 Å². The van der Waals surface area contributed by atoms with E-state index in [4.69, 9.17) is 4.42 Å². The lowest BCUT2D eigenvalue weighted by Gasteiger charge is -2.11. The summed E-state index contributed by atoms with van der Waals surface area (Å²) in [5, 5.41) is 13.1. The van der Waals surface area contributed by atoms with Gasteiger partial charge in [0.2, 0.25) is 0 Å². The van der Waals surface area contributed by atoms with E-state index in [9.17, 15) is 9.90 Å². The molecule has 0 unspecified atom stereocenters. The molecule has 1 heterocycles. The van der Waals surface area contributed by atoms with Gasteiger partial charge in [0, 0.05) is 22.9 Å². The standard InChI is InChI=1S/C16H19NO3/c1-10-3-4-13-12(7-10)11(2)14(20-13)15(19)17-8-16(9-18)5-6-16/h3-4,7,18H,5-6,8-9H2,1-2H3,(H,17,19). The van der Waals surface area contributed by atoms with Crippen molar-refractivity contribution in [2.75, 3.05) is 13.2 Å². The third kappa shape index (κ3) is 2.20. The van der Waals surface area contributed by atoms with Gasteiger partial charge in [-0.2, -0.15) is 0 Å². The van der Waals surface area contributed by atoms with E-state index in [0.717, 1.165) is 34.9 Å². The second-order valence-electron chi connectivity index (χ2n) is 5.90. The van der Waals surface area contributed by atoms with Crippen molar-refractivity contribution in [2.24, 2.45) is 5.41 Å². The van der Waals surface area contributed by atoms with Gasteiger partial charge in [-0.15, -0.1) is 0 Å². The summed E-state index contributed by atoms with van der Waals surface area (Å²) in [6, 6.07) is 5.89. The van der Waals surface area contributed by atoms with E-state index in [1.807, 2.05) is 32.0 Å². The molecule has 0 aliphatic heterocycles. The molecular formula is C16H19NO3. The zero-order valence-corrected chi connectivity index (χ0v) is 11.8. The van der Waals surface area contributed by atoms with Crippen molar-refractivity contribution in [1.29, 1.82) is 0 Å². The Bertz CT molecular complexity index is 668. The van der Waals surface area contributed by atoms with Gasteiger partial charge in [0.05, 0.1) is 6.61 Å². The Morgan fingerprint density at radius 1 is 1.40 bits per heavy atom. The van der Waals surface area contributed by atoms with Gasteiger partial charge in [-0.25, -0.2) is 0 Å². The zero-order chi connectivity index (χ0) is 14.3. The first kappa shape index (κ1) is 13.2. The van der Waals surface area contributed by atoms with Crippen LogP contribution in [0.1, 0.15) is 34.5 Å². The minimum Gasteiger partial charge on any atom is -0.451 e. The maximum Gasteiger partial charge on any atom is 0.287 e. The highest BCUT2D eigenvalue weighted by atomic mass is 16.3. The fourth-order valence-electron chi connectivity index (χ4n) is 2.47. The normalized spacial score (nSPS) is 16.4. The van der Waals surface area contributed by atoms with Crippen LogP contribution >= 0.6 is 0 Å². The van der Waals surface area contributed by atoms with Gasteiger partial charge in [-0.1, -0.05) is 11.6 Å². The number of rotatable bonds is 4. The Morgan fingerprint density at radius 3 is 2.80 bits per heavy atom. The van der Waals surface area contributed by atoms with E-state index >= 15 is 0 Å². The van der Waals surface area contributed by atoms with Gasteiger partial charge >= 0.3 is 0 Å². The molecule has 0 spiro atoms. The highest BCUT2D eigenvalue weighted by Crippen LogP contribution is 2.44. The van der Waals surface area contributed by atoms with E-state index in [1.54, 1.807) is 0 Å². The van der Waals surface area contributed by atoms with Gasteiger partial charge in [-0.3, -0.25) is 4.79 Å². The summed E-state index contributed by atoms with van der Waals surface area (Å²) < 4.78 is 5.66. The second kappa shape index (κ2) is 4.63. The average Bonchev–Trinajstić information content (AvgIpc) is 3.16. The van der Waals surface area contributed by atoms with Gasteiger partial charge in [0.25, 0.3) is 5.91 Å². The molecule has 2 aromatic rings. The first-order chi connectivity index (χ1) is 9.54. The number of benzene rings is 1. The largest absolute Gasteiger partial charge is 0.451 e. The molecule has 1 aliphatic carbocycles. The summed E-state index contributed by atoms with van der Waals surface area (Å²) in [7, 11) is 0. The first-order valence-electron chi connectivity index (χ1n) is 6.93. The zero-order valence-electron chi connectivity index (χ0n) is 11.8. The fraction of sp³-hybridized carbons (Fsp3) is 0.438. The van der Waals surface area contributed by atoms with Crippen LogP contribution in [0.15, 0.2) is 22.6 Å². The Balaban J connectivity index is 1.82. The maximum absolute atomic E-state index is 12.2. The van der Waals surface area contributed by atoms with Crippen molar-refractivity contribution in [3.05, 3.63) is 35.1 Å². The number of aryl methyl sites for hydroxylation is 2. The Kier molecular flexibility index (Phi) is 3.05. The summed E-state index contributed by atoms with van der Waals surface area (Å²) in [5.74, 6) is 0.176. The molecule has 3 rings (SSSR count). The number of hydrogen-bond donors (Lipinski definition) is 2. The number of aliphatic hydroxyl groups is 1. The van der Waals surface area contributed by atoms with Gasteiger partial charge in [-0.05, 0) is 38.8 Å². The molecule has 0 atom stereocenters. The molecule has 1 aromatic heterocycles.